The van der Waals surface area contributed by atoms with Gasteiger partial charge in [0.25, 0.3) is 0 Å². The summed E-state index contributed by atoms with van der Waals surface area (Å²) in [7, 11) is 0. The Kier molecular flexibility index (Phi) is 3.93. The molecule has 0 fully saturated rings. The molecule has 3 rings (SSSR count). The van der Waals surface area contributed by atoms with Crippen LogP contribution in [0.4, 0.5) is 0 Å². The van der Waals surface area contributed by atoms with Gasteiger partial charge in [0.1, 0.15) is 5.75 Å². The van der Waals surface area contributed by atoms with Gasteiger partial charge in [0, 0.05) is 27.4 Å². The summed E-state index contributed by atoms with van der Waals surface area (Å²) in [5.41, 5.74) is 3.04. The number of carbonyl (C=O) groups excluding carboxylic acids is 2. The Morgan fingerprint density at radius 2 is 1.67 bits per heavy atom. The predicted octanol–water partition coefficient (Wildman–Crippen LogP) is 4.70. The maximum atomic E-state index is 12.1. The zero-order valence-electron chi connectivity index (χ0n) is 13.6. The summed E-state index contributed by atoms with van der Waals surface area (Å²) >= 11 is 5.96. The van der Waals surface area contributed by atoms with Gasteiger partial charge < -0.3 is 9.67 Å². The summed E-state index contributed by atoms with van der Waals surface area (Å²) in [5.74, 6) is -0.453. The molecule has 1 N–H and O–H groups in total. The Hall–Kier alpha value is -2.59. The van der Waals surface area contributed by atoms with E-state index >= 15 is 0 Å². The third-order valence-electron chi connectivity index (χ3n) is 4.14. The minimum Gasteiger partial charge on any atom is -0.507 e. The maximum absolute atomic E-state index is 12.1. The van der Waals surface area contributed by atoms with Gasteiger partial charge in [-0.15, -0.1) is 0 Å². The van der Waals surface area contributed by atoms with Gasteiger partial charge in [0.15, 0.2) is 11.6 Å². The lowest BCUT2D eigenvalue weighted by molar-refractivity contribution is 0.100. The van der Waals surface area contributed by atoms with Gasteiger partial charge in [-0.3, -0.25) is 9.59 Å². The molecule has 0 saturated heterocycles. The van der Waals surface area contributed by atoms with Gasteiger partial charge >= 0.3 is 0 Å². The third kappa shape index (κ3) is 2.49. The Labute approximate surface area is 144 Å². The number of rotatable bonds is 3. The number of fused-ring (bicyclic) bond motifs is 1. The van der Waals surface area contributed by atoms with Gasteiger partial charge in [0.05, 0.1) is 11.1 Å². The lowest BCUT2D eigenvalue weighted by atomic mass is 10.0. The van der Waals surface area contributed by atoms with E-state index in [0.29, 0.717) is 21.5 Å². The van der Waals surface area contributed by atoms with Crippen LogP contribution in [0.5, 0.6) is 5.75 Å². The first-order valence-corrected chi connectivity index (χ1v) is 7.85. The molecule has 1 aromatic heterocycles. The van der Waals surface area contributed by atoms with E-state index in [9.17, 15) is 14.7 Å². The Balaban J connectivity index is 2.45. The van der Waals surface area contributed by atoms with Gasteiger partial charge in [-0.25, -0.2) is 0 Å². The topological polar surface area (TPSA) is 59.3 Å². The van der Waals surface area contributed by atoms with Crippen molar-refractivity contribution in [3.63, 3.8) is 0 Å². The van der Waals surface area contributed by atoms with Crippen LogP contribution >= 0.6 is 11.6 Å². The molecule has 0 aliphatic heterocycles. The first-order valence-electron chi connectivity index (χ1n) is 7.47. The minimum atomic E-state index is -0.236. The van der Waals surface area contributed by atoms with Crippen LogP contribution < -0.4 is 0 Å². The third-order valence-corrected chi connectivity index (χ3v) is 4.39. The molecule has 0 aliphatic rings. The molecule has 0 radical (unpaired) electrons. The van der Waals surface area contributed by atoms with Crippen LogP contribution in [0.25, 0.3) is 16.6 Å². The Morgan fingerprint density at radius 1 is 1.04 bits per heavy atom. The van der Waals surface area contributed by atoms with Crippen LogP contribution in [-0.2, 0) is 0 Å². The second kappa shape index (κ2) is 5.80. The maximum Gasteiger partial charge on any atom is 0.163 e. The molecule has 0 aliphatic carbocycles. The lowest BCUT2D eigenvalue weighted by Crippen LogP contribution is -2.00. The van der Waals surface area contributed by atoms with Crippen molar-refractivity contribution in [1.29, 1.82) is 0 Å². The smallest absolute Gasteiger partial charge is 0.163 e. The molecule has 3 aromatic rings. The SMILES string of the molecule is CC(=O)c1cc2c(cc1O)c(C(C)=O)c(C)n2-c1ccc(Cl)cc1. The second-order valence-electron chi connectivity index (χ2n) is 5.77. The van der Waals surface area contributed by atoms with Crippen LogP contribution in [-0.4, -0.2) is 21.2 Å². The highest BCUT2D eigenvalue weighted by atomic mass is 35.5. The highest BCUT2D eigenvalue weighted by Crippen LogP contribution is 2.34. The molecule has 0 amide bonds. The van der Waals surface area contributed by atoms with Gasteiger partial charge in [-0.2, -0.15) is 0 Å². The number of halogens is 1. The number of phenolic OH excluding ortho intramolecular Hbond substituents is 1. The summed E-state index contributed by atoms with van der Waals surface area (Å²) in [6.45, 7) is 4.73. The quantitative estimate of drug-likeness (QED) is 0.702. The number of ketones is 2. The number of hydrogen-bond donors (Lipinski definition) is 1. The van der Waals surface area contributed by atoms with E-state index in [-0.39, 0.29) is 22.9 Å². The molecule has 0 spiro atoms. The van der Waals surface area contributed by atoms with Crippen LogP contribution in [0, 0.1) is 6.92 Å². The summed E-state index contributed by atoms with van der Waals surface area (Å²) in [6.07, 6.45) is 0. The summed E-state index contributed by atoms with van der Waals surface area (Å²) in [4.78, 5) is 23.9. The van der Waals surface area contributed by atoms with Crippen molar-refractivity contribution in [3.8, 4) is 11.4 Å². The van der Waals surface area contributed by atoms with E-state index in [1.165, 1.54) is 19.9 Å². The number of phenols is 1. The average Bonchev–Trinajstić information content (AvgIpc) is 2.78. The van der Waals surface area contributed by atoms with E-state index < -0.39 is 0 Å². The van der Waals surface area contributed by atoms with Crippen molar-refractivity contribution < 1.29 is 14.7 Å². The number of Topliss-reactive ketones (excluding diaryl/α,β-unsaturated/α-hetero) is 2. The van der Waals surface area contributed by atoms with Crippen molar-refractivity contribution in [2.24, 2.45) is 0 Å². The van der Waals surface area contributed by atoms with Crippen LogP contribution in [0.1, 0.15) is 40.3 Å². The molecule has 5 heteroatoms. The normalized spacial score (nSPS) is 11.0. The van der Waals surface area contributed by atoms with Crippen LogP contribution in [0.15, 0.2) is 36.4 Å². The Bertz CT molecular complexity index is 984. The largest absolute Gasteiger partial charge is 0.507 e. The fraction of sp³-hybridized carbons (Fsp3) is 0.158. The summed E-state index contributed by atoms with van der Waals surface area (Å²) < 4.78 is 1.90. The molecule has 24 heavy (non-hydrogen) atoms. The molecule has 0 saturated carbocycles. The standard InChI is InChI=1S/C19H16ClNO3/c1-10-19(12(3)23)16-9-18(24)15(11(2)22)8-17(16)21(10)14-6-4-13(20)5-7-14/h4-9,24H,1-3H3. The van der Waals surface area contributed by atoms with Gasteiger partial charge in [-0.1, -0.05) is 11.6 Å². The molecule has 122 valence electrons. The van der Waals surface area contributed by atoms with Crippen LogP contribution in [0.3, 0.4) is 0 Å². The van der Waals surface area contributed by atoms with Crippen molar-refractivity contribution in [2.45, 2.75) is 20.8 Å². The first-order chi connectivity index (χ1) is 11.3. The monoisotopic (exact) mass is 341 g/mol. The van der Waals surface area contributed by atoms with Crippen LogP contribution in [0.2, 0.25) is 5.02 Å². The van der Waals surface area contributed by atoms with E-state index in [1.54, 1.807) is 18.2 Å². The molecular weight excluding hydrogens is 326 g/mol. The van der Waals surface area contributed by atoms with Crippen molar-refractivity contribution in [2.75, 3.05) is 0 Å². The van der Waals surface area contributed by atoms with Crippen molar-refractivity contribution >= 4 is 34.1 Å². The number of nitrogens with zero attached hydrogens (tertiary/aromatic N) is 1. The number of aromatic nitrogens is 1. The average molecular weight is 342 g/mol. The van der Waals surface area contributed by atoms with Crippen molar-refractivity contribution in [1.82, 2.24) is 4.57 Å². The number of carbonyl (C=O) groups is 2. The van der Waals surface area contributed by atoms with E-state index in [4.69, 9.17) is 11.6 Å². The second-order valence-corrected chi connectivity index (χ2v) is 6.21. The Morgan fingerprint density at radius 3 is 2.21 bits per heavy atom. The van der Waals surface area contributed by atoms with E-state index in [1.807, 2.05) is 23.6 Å². The molecule has 0 atom stereocenters. The lowest BCUT2D eigenvalue weighted by Gasteiger charge is -2.10. The number of aromatic hydroxyl groups is 1. The number of hydrogen-bond acceptors (Lipinski definition) is 3. The highest BCUT2D eigenvalue weighted by Gasteiger charge is 2.21. The fourth-order valence-electron chi connectivity index (χ4n) is 3.10. The molecule has 0 bridgehead atoms. The predicted molar refractivity (Wildman–Crippen MR) is 94.7 cm³/mol. The van der Waals surface area contributed by atoms with E-state index in [0.717, 1.165) is 11.4 Å². The molecule has 4 nitrogen and oxygen atoms in total. The van der Waals surface area contributed by atoms with Gasteiger partial charge in [0.2, 0.25) is 0 Å². The van der Waals surface area contributed by atoms with Crippen molar-refractivity contribution in [3.05, 3.63) is 58.2 Å². The summed E-state index contributed by atoms with van der Waals surface area (Å²) in [6, 6.07) is 10.3. The molecule has 1 heterocycles. The zero-order valence-corrected chi connectivity index (χ0v) is 14.3. The molecule has 2 aromatic carbocycles. The molecule has 0 unspecified atom stereocenters. The minimum absolute atomic E-state index is 0.0970. The zero-order chi connectivity index (χ0) is 17.6. The number of benzene rings is 2. The van der Waals surface area contributed by atoms with E-state index in [2.05, 4.69) is 0 Å². The molecular formula is C19H16ClNO3. The summed E-state index contributed by atoms with van der Waals surface area (Å²) in [5, 5.41) is 11.4. The highest BCUT2D eigenvalue weighted by molar-refractivity contribution is 6.30. The first kappa shape index (κ1) is 16.3. The fourth-order valence-corrected chi connectivity index (χ4v) is 3.22. The van der Waals surface area contributed by atoms with Gasteiger partial charge in [-0.05, 0) is 57.2 Å².